The molecule has 1 aromatic carbocycles. The lowest BCUT2D eigenvalue weighted by Gasteiger charge is -2.08. The second-order valence-corrected chi connectivity index (χ2v) is 4.59. The molecule has 0 fully saturated rings. The zero-order chi connectivity index (χ0) is 11.1. The maximum atomic E-state index is 9.59. The third-order valence-electron chi connectivity index (χ3n) is 2.22. The van der Waals surface area contributed by atoms with Crippen molar-refractivity contribution in [3.05, 3.63) is 29.8 Å². The Balaban J connectivity index is 2.49. The van der Waals surface area contributed by atoms with Gasteiger partial charge >= 0.3 is 0 Å². The number of hydrogen-bond acceptors (Lipinski definition) is 3. The summed E-state index contributed by atoms with van der Waals surface area (Å²) in [5.74, 6) is 0.937. The molecule has 0 heterocycles. The lowest BCUT2D eigenvalue weighted by molar-refractivity contribution is 0.173. The van der Waals surface area contributed by atoms with E-state index in [1.54, 1.807) is 11.8 Å². The molecule has 0 saturated carbocycles. The second-order valence-electron chi connectivity index (χ2n) is 3.42. The van der Waals surface area contributed by atoms with Crippen LogP contribution in [0, 0.1) is 0 Å². The molecule has 2 nitrogen and oxygen atoms in total. The lowest BCUT2D eigenvalue weighted by atomic mass is 10.1. The number of rotatable bonds is 6. The molecule has 1 aromatic rings. The number of benzene rings is 1. The monoisotopic (exact) mass is 226 g/mol. The first kappa shape index (κ1) is 12.6. The predicted octanol–water partition coefficient (Wildman–Crippen LogP) is 2.60. The molecular weight excluding hydrogens is 208 g/mol. The SMILES string of the molecule is CC[C@H](O)c1ccc(SCCCO)cc1. The Morgan fingerprint density at radius 3 is 2.47 bits per heavy atom. The van der Waals surface area contributed by atoms with E-state index in [0.29, 0.717) is 0 Å². The third-order valence-corrected chi connectivity index (χ3v) is 3.32. The van der Waals surface area contributed by atoms with Crippen LogP contribution in [0.4, 0.5) is 0 Å². The van der Waals surface area contributed by atoms with Crippen LogP contribution in [-0.2, 0) is 0 Å². The quantitative estimate of drug-likeness (QED) is 0.578. The molecule has 0 aliphatic carbocycles. The van der Waals surface area contributed by atoms with Gasteiger partial charge in [0.1, 0.15) is 0 Å². The Hall–Kier alpha value is -0.510. The highest BCUT2D eigenvalue weighted by atomic mass is 32.2. The lowest BCUT2D eigenvalue weighted by Crippen LogP contribution is -1.94. The normalized spacial score (nSPS) is 12.7. The Kier molecular flexibility index (Phi) is 5.76. The van der Waals surface area contributed by atoms with Crippen LogP contribution >= 0.6 is 11.8 Å². The van der Waals surface area contributed by atoms with Crippen molar-refractivity contribution in [2.75, 3.05) is 12.4 Å². The van der Waals surface area contributed by atoms with Crippen molar-refractivity contribution in [3.8, 4) is 0 Å². The van der Waals surface area contributed by atoms with Gasteiger partial charge in [-0.25, -0.2) is 0 Å². The molecule has 0 radical (unpaired) electrons. The molecule has 15 heavy (non-hydrogen) atoms. The van der Waals surface area contributed by atoms with Gasteiger partial charge < -0.3 is 10.2 Å². The number of aliphatic hydroxyl groups excluding tert-OH is 2. The van der Waals surface area contributed by atoms with Gasteiger partial charge in [-0.05, 0) is 30.5 Å². The molecule has 0 aliphatic heterocycles. The molecule has 0 amide bonds. The Bertz CT molecular complexity index is 271. The van der Waals surface area contributed by atoms with Crippen LogP contribution in [-0.4, -0.2) is 22.6 Å². The summed E-state index contributed by atoms with van der Waals surface area (Å²) < 4.78 is 0. The highest BCUT2D eigenvalue weighted by Gasteiger charge is 2.03. The minimum absolute atomic E-state index is 0.250. The van der Waals surface area contributed by atoms with Gasteiger partial charge in [0.25, 0.3) is 0 Å². The molecule has 0 aliphatic rings. The molecule has 0 unspecified atom stereocenters. The van der Waals surface area contributed by atoms with Crippen molar-refractivity contribution in [1.29, 1.82) is 0 Å². The first-order valence-corrected chi connectivity index (χ1v) is 6.28. The predicted molar refractivity (Wildman–Crippen MR) is 64.1 cm³/mol. The van der Waals surface area contributed by atoms with Gasteiger partial charge in [-0.1, -0.05) is 19.1 Å². The second kappa shape index (κ2) is 6.88. The number of hydrogen-bond donors (Lipinski definition) is 2. The summed E-state index contributed by atoms with van der Waals surface area (Å²) in [6.07, 6.45) is 1.22. The zero-order valence-electron chi connectivity index (χ0n) is 9.02. The van der Waals surface area contributed by atoms with Gasteiger partial charge in [0, 0.05) is 17.3 Å². The first-order valence-electron chi connectivity index (χ1n) is 5.29. The van der Waals surface area contributed by atoms with E-state index in [1.807, 2.05) is 31.2 Å². The Morgan fingerprint density at radius 1 is 1.27 bits per heavy atom. The van der Waals surface area contributed by atoms with E-state index in [2.05, 4.69) is 0 Å². The van der Waals surface area contributed by atoms with Crippen molar-refractivity contribution in [3.63, 3.8) is 0 Å². The van der Waals surface area contributed by atoms with Gasteiger partial charge in [0.15, 0.2) is 0 Å². The maximum Gasteiger partial charge on any atom is 0.0787 e. The van der Waals surface area contributed by atoms with E-state index in [0.717, 1.165) is 24.2 Å². The summed E-state index contributed by atoms with van der Waals surface area (Å²) >= 11 is 1.73. The number of aliphatic hydroxyl groups is 2. The van der Waals surface area contributed by atoms with Crippen LogP contribution in [0.3, 0.4) is 0 Å². The fraction of sp³-hybridized carbons (Fsp3) is 0.500. The van der Waals surface area contributed by atoms with Gasteiger partial charge in [0.2, 0.25) is 0 Å². The summed E-state index contributed by atoms with van der Waals surface area (Å²) in [4.78, 5) is 1.19. The van der Waals surface area contributed by atoms with Crippen LogP contribution in [0.25, 0.3) is 0 Å². The van der Waals surface area contributed by atoms with E-state index >= 15 is 0 Å². The van der Waals surface area contributed by atoms with Crippen LogP contribution < -0.4 is 0 Å². The minimum Gasteiger partial charge on any atom is -0.396 e. The van der Waals surface area contributed by atoms with Crippen molar-refractivity contribution in [2.45, 2.75) is 30.8 Å². The van der Waals surface area contributed by atoms with E-state index in [9.17, 15) is 5.11 Å². The molecule has 0 bridgehead atoms. The van der Waals surface area contributed by atoms with E-state index < -0.39 is 0 Å². The average Bonchev–Trinajstić information content (AvgIpc) is 2.29. The molecular formula is C12H18O2S. The van der Waals surface area contributed by atoms with Crippen LogP contribution in [0.1, 0.15) is 31.4 Å². The largest absolute Gasteiger partial charge is 0.396 e. The fourth-order valence-electron chi connectivity index (χ4n) is 1.28. The highest BCUT2D eigenvalue weighted by molar-refractivity contribution is 7.99. The Morgan fingerprint density at radius 2 is 1.93 bits per heavy atom. The summed E-state index contributed by atoms with van der Waals surface area (Å²) in [5, 5.41) is 18.2. The van der Waals surface area contributed by atoms with Crippen molar-refractivity contribution < 1.29 is 10.2 Å². The van der Waals surface area contributed by atoms with Crippen LogP contribution in [0.2, 0.25) is 0 Å². The molecule has 1 rings (SSSR count). The highest BCUT2D eigenvalue weighted by Crippen LogP contribution is 2.22. The molecule has 2 N–H and O–H groups in total. The van der Waals surface area contributed by atoms with Crippen LogP contribution in [0.15, 0.2) is 29.2 Å². The van der Waals surface area contributed by atoms with Crippen molar-refractivity contribution in [2.24, 2.45) is 0 Å². The average molecular weight is 226 g/mol. The molecule has 0 aromatic heterocycles. The first-order chi connectivity index (χ1) is 7.27. The van der Waals surface area contributed by atoms with E-state index in [4.69, 9.17) is 5.11 Å². The van der Waals surface area contributed by atoms with Gasteiger partial charge in [0.05, 0.1) is 6.10 Å². The van der Waals surface area contributed by atoms with Gasteiger partial charge in [-0.3, -0.25) is 0 Å². The minimum atomic E-state index is -0.346. The van der Waals surface area contributed by atoms with E-state index in [1.165, 1.54) is 4.90 Å². The topological polar surface area (TPSA) is 40.5 Å². The smallest absolute Gasteiger partial charge is 0.0787 e. The standard InChI is InChI=1S/C12H18O2S/c1-2-12(14)10-4-6-11(7-5-10)15-9-3-8-13/h4-7,12-14H,2-3,8-9H2,1H3/t12-/m0/s1. The van der Waals surface area contributed by atoms with E-state index in [-0.39, 0.29) is 12.7 Å². The molecule has 0 spiro atoms. The van der Waals surface area contributed by atoms with Crippen molar-refractivity contribution in [1.82, 2.24) is 0 Å². The Labute approximate surface area is 95.3 Å². The fourth-order valence-corrected chi connectivity index (χ4v) is 2.11. The summed E-state index contributed by atoms with van der Waals surface area (Å²) in [5.41, 5.74) is 0.976. The summed E-state index contributed by atoms with van der Waals surface area (Å²) in [6, 6.07) is 7.98. The maximum absolute atomic E-state index is 9.59. The molecule has 3 heteroatoms. The van der Waals surface area contributed by atoms with Crippen LogP contribution in [0.5, 0.6) is 0 Å². The summed E-state index contributed by atoms with van der Waals surface area (Å²) in [7, 11) is 0. The molecule has 0 saturated heterocycles. The number of thioether (sulfide) groups is 1. The van der Waals surface area contributed by atoms with Crippen molar-refractivity contribution >= 4 is 11.8 Å². The summed E-state index contributed by atoms with van der Waals surface area (Å²) in [6.45, 7) is 2.22. The van der Waals surface area contributed by atoms with Gasteiger partial charge in [-0.2, -0.15) is 0 Å². The third kappa shape index (κ3) is 4.24. The molecule has 1 atom stereocenters. The molecule has 84 valence electrons. The zero-order valence-corrected chi connectivity index (χ0v) is 9.83. The van der Waals surface area contributed by atoms with Gasteiger partial charge in [-0.15, -0.1) is 11.8 Å².